The minimum Gasteiger partial charge on any atom is -0.304 e. The molecule has 152 valence electrons. The Bertz CT molecular complexity index is 455. The number of rotatable bonds is 7. The van der Waals surface area contributed by atoms with Gasteiger partial charge in [0.05, 0.1) is 7.85 Å². The Balaban J connectivity index is 2.73. The molecule has 1 saturated heterocycles. The van der Waals surface area contributed by atoms with Gasteiger partial charge in [-0.05, 0) is 49.2 Å². The van der Waals surface area contributed by atoms with Crippen LogP contribution in [-0.4, -0.2) is 65.8 Å². The van der Waals surface area contributed by atoms with Crippen LogP contribution in [-0.2, 0) is 0 Å². The highest BCUT2D eigenvalue weighted by atomic mass is 32.2. The third-order valence-electron chi connectivity index (χ3n) is 7.10. The molecular weight excluding hydrogens is 335 g/mol. The summed E-state index contributed by atoms with van der Waals surface area (Å²) in [5.74, 6) is 0. The van der Waals surface area contributed by atoms with Gasteiger partial charge in [0.25, 0.3) is 0 Å². The van der Waals surface area contributed by atoms with Crippen LogP contribution in [0.2, 0.25) is 0 Å². The summed E-state index contributed by atoms with van der Waals surface area (Å²) in [6.07, 6.45) is 4.45. The van der Waals surface area contributed by atoms with Gasteiger partial charge >= 0.3 is 0 Å². The summed E-state index contributed by atoms with van der Waals surface area (Å²) < 4.78 is 0.319. The lowest BCUT2D eigenvalue weighted by molar-refractivity contribution is -0.00402. The summed E-state index contributed by atoms with van der Waals surface area (Å²) in [6.45, 7) is 27.8. The van der Waals surface area contributed by atoms with Crippen LogP contribution in [0.15, 0.2) is 0 Å². The van der Waals surface area contributed by atoms with E-state index in [9.17, 15) is 0 Å². The number of nitrogens with zero attached hydrogens (tertiary/aromatic N) is 2. The van der Waals surface area contributed by atoms with Crippen LogP contribution in [0.25, 0.3) is 0 Å². The van der Waals surface area contributed by atoms with E-state index in [2.05, 4.69) is 85.3 Å². The fourth-order valence-electron chi connectivity index (χ4n) is 4.32. The van der Waals surface area contributed by atoms with E-state index < -0.39 is 0 Å². The Labute approximate surface area is 170 Å². The Morgan fingerprint density at radius 1 is 0.731 bits per heavy atom. The van der Waals surface area contributed by atoms with Gasteiger partial charge in [-0.15, -0.1) is 0 Å². The molecule has 0 saturated carbocycles. The lowest BCUT2D eigenvalue weighted by Gasteiger charge is -2.53. The Morgan fingerprint density at radius 3 is 1.54 bits per heavy atom. The van der Waals surface area contributed by atoms with Crippen molar-refractivity contribution in [2.45, 2.75) is 97.8 Å². The van der Waals surface area contributed by atoms with Gasteiger partial charge < -0.3 is 4.90 Å². The number of thioether (sulfide) groups is 1. The lowest BCUT2D eigenvalue weighted by Crippen LogP contribution is -2.61. The summed E-state index contributed by atoms with van der Waals surface area (Å²) in [5.41, 5.74) is 0.440. The van der Waals surface area contributed by atoms with E-state index in [0.717, 1.165) is 32.6 Å². The first-order chi connectivity index (χ1) is 11.4. The highest BCUT2D eigenvalue weighted by Crippen LogP contribution is 2.44. The topological polar surface area (TPSA) is 6.48 Å². The molecule has 1 aliphatic heterocycles. The molecule has 0 aliphatic carbocycles. The summed E-state index contributed by atoms with van der Waals surface area (Å²) in [4.78, 5) is 5.19. The van der Waals surface area contributed by atoms with Crippen LogP contribution in [0, 0.1) is 10.8 Å². The van der Waals surface area contributed by atoms with Crippen molar-refractivity contribution in [3.63, 3.8) is 0 Å². The normalized spacial score (nSPS) is 21.7. The molecule has 2 nitrogen and oxygen atoms in total. The minimum atomic E-state index is -0.244. The quantitative estimate of drug-likeness (QED) is 0.556. The SMILES string of the molecule is [B]C(C)(CC(C)(C)C(C)(C)C)N1CCN(C(C)(C)CC(C)(C)SC)CC1. The number of hydrogen-bond donors (Lipinski definition) is 0. The van der Waals surface area contributed by atoms with E-state index >= 15 is 0 Å². The van der Waals surface area contributed by atoms with Gasteiger partial charge in [0.15, 0.2) is 0 Å². The number of hydrogen-bond acceptors (Lipinski definition) is 3. The summed E-state index contributed by atoms with van der Waals surface area (Å²) in [7, 11) is 6.86. The van der Waals surface area contributed by atoms with Crippen molar-refractivity contribution in [2.75, 3.05) is 32.4 Å². The van der Waals surface area contributed by atoms with Crippen molar-refractivity contribution >= 4 is 19.6 Å². The zero-order chi connectivity index (χ0) is 20.6. The molecule has 0 aromatic carbocycles. The summed E-state index contributed by atoms with van der Waals surface area (Å²) in [5, 5.41) is 0. The van der Waals surface area contributed by atoms with Crippen LogP contribution >= 0.6 is 11.8 Å². The second kappa shape index (κ2) is 7.99. The van der Waals surface area contributed by atoms with E-state index in [1.54, 1.807) is 0 Å². The Hall–Kier alpha value is 0.335. The minimum absolute atomic E-state index is 0.204. The highest BCUT2D eigenvalue weighted by molar-refractivity contribution is 7.99. The molecule has 2 radical (unpaired) electrons. The summed E-state index contributed by atoms with van der Waals surface area (Å²) >= 11 is 1.97. The van der Waals surface area contributed by atoms with Crippen LogP contribution in [0.1, 0.15) is 82.1 Å². The van der Waals surface area contributed by atoms with Crippen molar-refractivity contribution in [1.29, 1.82) is 0 Å². The van der Waals surface area contributed by atoms with Gasteiger partial charge in [0, 0.05) is 36.5 Å². The first-order valence-electron chi connectivity index (χ1n) is 10.3. The van der Waals surface area contributed by atoms with E-state index in [-0.39, 0.29) is 21.8 Å². The van der Waals surface area contributed by atoms with Crippen molar-refractivity contribution < 1.29 is 0 Å². The van der Waals surface area contributed by atoms with Gasteiger partial charge in [-0.1, -0.05) is 55.4 Å². The first kappa shape index (κ1) is 24.4. The van der Waals surface area contributed by atoms with Gasteiger partial charge in [-0.25, -0.2) is 0 Å². The Kier molecular flexibility index (Phi) is 7.49. The third-order valence-corrected chi connectivity index (χ3v) is 8.35. The molecular formula is C22H45BN2S. The van der Waals surface area contributed by atoms with Crippen molar-refractivity contribution in [1.82, 2.24) is 9.80 Å². The highest BCUT2D eigenvalue weighted by Gasteiger charge is 2.42. The standard InChI is InChI=1S/C22H45BN2S/c1-18(2,3)19(4,5)16-22(10,23)25-14-12-24(13-15-25)20(6,7)17-21(8,9)26-11/h12-17H2,1-11H3. The van der Waals surface area contributed by atoms with Crippen LogP contribution in [0.4, 0.5) is 0 Å². The molecule has 1 aliphatic rings. The lowest BCUT2D eigenvalue weighted by atomic mass is 9.59. The monoisotopic (exact) mass is 380 g/mol. The predicted octanol–water partition coefficient (Wildman–Crippen LogP) is 5.26. The fraction of sp³-hybridized carbons (Fsp3) is 1.00. The van der Waals surface area contributed by atoms with Gasteiger partial charge in [-0.3, -0.25) is 4.90 Å². The summed E-state index contributed by atoms with van der Waals surface area (Å²) in [6, 6.07) is 0. The van der Waals surface area contributed by atoms with Crippen molar-refractivity contribution in [3.8, 4) is 0 Å². The molecule has 0 bridgehead atoms. The first-order valence-corrected chi connectivity index (χ1v) is 11.5. The van der Waals surface area contributed by atoms with Crippen LogP contribution in [0.5, 0.6) is 0 Å². The van der Waals surface area contributed by atoms with E-state index in [0.29, 0.717) is 4.75 Å². The largest absolute Gasteiger partial charge is 0.304 e. The second-order valence-corrected chi connectivity index (χ2v) is 13.1. The molecule has 26 heavy (non-hydrogen) atoms. The molecule has 1 unspecified atom stereocenters. The van der Waals surface area contributed by atoms with Crippen LogP contribution < -0.4 is 0 Å². The molecule has 0 amide bonds. The van der Waals surface area contributed by atoms with Gasteiger partial charge in [0.1, 0.15) is 0 Å². The average Bonchev–Trinajstić information content (AvgIpc) is 2.44. The predicted molar refractivity (Wildman–Crippen MR) is 121 cm³/mol. The molecule has 4 heteroatoms. The zero-order valence-electron chi connectivity index (χ0n) is 19.6. The van der Waals surface area contributed by atoms with E-state index in [1.165, 1.54) is 6.42 Å². The van der Waals surface area contributed by atoms with E-state index in [4.69, 9.17) is 7.85 Å². The molecule has 0 aromatic heterocycles. The van der Waals surface area contributed by atoms with Crippen LogP contribution in [0.3, 0.4) is 0 Å². The van der Waals surface area contributed by atoms with Gasteiger partial charge in [0.2, 0.25) is 0 Å². The van der Waals surface area contributed by atoms with Gasteiger partial charge in [-0.2, -0.15) is 11.8 Å². The molecule has 0 aromatic rings. The van der Waals surface area contributed by atoms with Crippen molar-refractivity contribution in [3.05, 3.63) is 0 Å². The maximum atomic E-state index is 6.86. The van der Waals surface area contributed by atoms with E-state index in [1.807, 2.05) is 11.8 Å². The molecule has 1 atom stereocenters. The van der Waals surface area contributed by atoms with Crippen molar-refractivity contribution in [2.24, 2.45) is 10.8 Å². The maximum absolute atomic E-state index is 6.86. The second-order valence-electron chi connectivity index (χ2n) is 11.6. The molecule has 1 rings (SSSR count). The molecule has 0 N–H and O–H groups in total. The fourth-order valence-corrected chi connectivity index (χ4v) is 4.82. The smallest absolute Gasteiger partial charge is 0.0953 e. The number of piperazine rings is 1. The zero-order valence-corrected chi connectivity index (χ0v) is 20.4. The Morgan fingerprint density at radius 2 is 1.15 bits per heavy atom. The average molecular weight is 380 g/mol. The molecule has 1 fully saturated rings. The maximum Gasteiger partial charge on any atom is 0.0953 e. The third kappa shape index (κ3) is 6.17. The molecule has 0 spiro atoms. The molecule has 1 heterocycles.